The summed E-state index contributed by atoms with van der Waals surface area (Å²) < 4.78 is 0. The summed E-state index contributed by atoms with van der Waals surface area (Å²) in [7, 11) is 0. The molecule has 0 saturated heterocycles. The Bertz CT molecular complexity index is 471. The van der Waals surface area contributed by atoms with Crippen molar-refractivity contribution in [3.05, 3.63) is 29.3 Å². The average molecular weight is 298 g/mol. The summed E-state index contributed by atoms with van der Waals surface area (Å²) in [5, 5.41) is 9.61. The number of hydrogen-bond donors (Lipinski definition) is 1. The Morgan fingerprint density at radius 2 is 1.75 bits per heavy atom. The number of carboxylic acid groups (broad SMARTS) is 1. The fraction of sp³-hybridized carbons (Fsp3) is 0.467. The van der Waals surface area contributed by atoms with Crippen LogP contribution in [0.2, 0.25) is 5.02 Å². The van der Waals surface area contributed by atoms with Crippen LogP contribution in [0.4, 0.5) is 5.69 Å². The number of carboxylic acids is 1. The van der Waals surface area contributed by atoms with E-state index >= 15 is 0 Å². The highest BCUT2D eigenvalue weighted by molar-refractivity contribution is 6.30. The van der Waals surface area contributed by atoms with Crippen LogP contribution in [0.3, 0.4) is 0 Å². The molecule has 0 spiro atoms. The maximum absolute atomic E-state index is 12.3. The summed E-state index contributed by atoms with van der Waals surface area (Å²) in [6, 6.07) is 6.85. The monoisotopic (exact) mass is 297 g/mol. The predicted octanol–water partition coefficient (Wildman–Crippen LogP) is 3.44. The number of aliphatic carboxylic acids is 1. The molecule has 0 aliphatic rings. The number of halogens is 1. The summed E-state index contributed by atoms with van der Waals surface area (Å²) in [4.78, 5) is 24.8. The zero-order valence-electron chi connectivity index (χ0n) is 12.0. The van der Waals surface area contributed by atoms with Gasteiger partial charge in [0.2, 0.25) is 5.91 Å². The molecule has 110 valence electrons. The third-order valence-electron chi connectivity index (χ3n) is 2.90. The molecular formula is C15H20ClNO3. The van der Waals surface area contributed by atoms with Crippen LogP contribution in [0.5, 0.6) is 0 Å². The largest absolute Gasteiger partial charge is 0.481 e. The maximum Gasteiger partial charge on any atom is 0.308 e. The van der Waals surface area contributed by atoms with E-state index in [1.165, 1.54) is 4.90 Å². The lowest BCUT2D eigenvalue weighted by Crippen LogP contribution is -2.37. The lowest BCUT2D eigenvalue weighted by molar-refractivity contribution is -0.140. The van der Waals surface area contributed by atoms with Gasteiger partial charge in [-0.2, -0.15) is 0 Å². The second-order valence-electron chi connectivity index (χ2n) is 5.32. The molecule has 0 bridgehead atoms. The summed E-state index contributed by atoms with van der Waals surface area (Å²) >= 11 is 5.84. The second-order valence-corrected chi connectivity index (χ2v) is 5.75. The van der Waals surface area contributed by atoms with Gasteiger partial charge in [-0.3, -0.25) is 9.59 Å². The second kappa shape index (κ2) is 7.29. The molecule has 4 nitrogen and oxygen atoms in total. The first-order chi connectivity index (χ1) is 9.31. The lowest BCUT2D eigenvalue weighted by Gasteiger charge is -2.25. The highest BCUT2D eigenvalue weighted by atomic mass is 35.5. The first kappa shape index (κ1) is 16.5. The highest BCUT2D eigenvalue weighted by Crippen LogP contribution is 2.21. The zero-order chi connectivity index (χ0) is 15.3. The Hall–Kier alpha value is -1.55. The van der Waals surface area contributed by atoms with Crippen molar-refractivity contribution in [2.75, 3.05) is 11.4 Å². The number of carbonyl (C=O) groups excluding carboxylic acids is 1. The van der Waals surface area contributed by atoms with Crippen LogP contribution in [-0.2, 0) is 9.59 Å². The van der Waals surface area contributed by atoms with Crippen molar-refractivity contribution in [1.82, 2.24) is 0 Å². The van der Waals surface area contributed by atoms with Crippen molar-refractivity contribution in [2.45, 2.75) is 27.2 Å². The molecule has 1 aromatic rings. The van der Waals surface area contributed by atoms with E-state index in [1.807, 2.05) is 13.8 Å². The van der Waals surface area contributed by atoms with Gasteiger partial charge in [-0.1, -0.05) is 32.4 Å². The first-order valence-electron chi connectivity index (χ1n) is 6.60. The quantitative estimate of drug-likeness (QED) is 0.875. The molecule has 0 fully saturated rings. The molecule has 1 atom stereocenters. The van der Waals surface area contributed by atoms with Crippen molar-refractivity contribution >= 4 is 29.2 Å². The molecule has 0 aliphatic carbocycles. The fourth-order valence-electron chi connectivity index (χ4n) is 1.78. The molecule has 0 radical (unpaired) electrons. The van der Waals surface area contributed by atoms with Gasteiger partial charge in [-0.25, -0.2) is 0 Å². The number of carbonyl (C=O) groups is 2. The van der Waals surface area contributed by atoms with Crippen molar-refractivity contribution in [1.29, 1.82) is 0 Å². The molecule has 1 unspecified atom stereocenters. The zero-order valence-corrected chi connectivity index (χ0v) is 12.7. The van der Waals surface area contributed by atoms with E-state index in [0.29, 0.717) is 17.1 Å². The maximum atomic E-state index is 12.3. The van der Waals surface area contributed by atoms with Gasteiger partial charge in [0.25, 0.3) is 0 Å². The number of rotatable bonds is 6. The SMILES string of the molecule is CC(C)CC(=O)N(CC(C)C(=O)O)c1ccc(Cl)cc1. The molecule has 0 saturated carbocycles. The molecular weight excluding hydrogens is 278 g/mol. The predicted molar refractivity (Wildman–Crippen MR) is 80.1 cm³/mol. The van der Waals surface area contributed by atoms with E-state index in [1.54, 1.807) is 31.2 Å². The molecule has 20 heavy (non-hydrogen) atoms. The third kappa shape index (κ3) is 4.85. The number of hydrogen-bond acceptors (Lipinski definition) is 2. The summed E-state index contributed by atoms with van der Waals surface area (Å²) in [6.07, 6.45) is 0.384. The van der Waals surface area contributed by atoms with Crippen LogP contribution in [0.15, 0.2) is 24.3 Å². The number of benzene rings is 1. The molecule has 1 rings (SSSR count). The van der Waals surface area contributed by atoms with Gasteiger partial charge in [0.15, 0.2) is 0 Å². The Morgan fingerprint density at radius 3 is 2.20 bits per heavy atom. The number of amides is 1. The molecule has 0 heterocycles. The summed E-state index contributed by atoms with van der Waals surface area (Å²) in [5.41, 5.74) is 0.674. The van der Waals surface area contributed by atoms with Crippen LogP contribution < -0.4 is 4.90 Å². The average Bonchev–Trinajstić information content (AvgIpc) is 2.35. The minimum atomic E-state index is -0.915. The van der Waals surface area contributed by atoms with Gasteiger partial charge in [0.05, 0.1) is 5.92 Å². The molecule has 5 heteroatoms. The van der Waals surface area contributed by atoms with Crippen LogP contribution in [0.1, 0.15) is 27.2 Å². The molecule has 0 aliphatic heterocycles. The number of nitrogens with zero attached hydrogens (tertiary/aromatic N) is 1. The van der Waals surface area contributed by atoms with Gasteiger partial charge in [0, 0.05) is 23.7 Å². The minimum Gasteiger partial charge on any atom is -0.481 e. The van der Waals surface area contributed by atoms with Crippen LogP contribution in [0, 0.1) is 11.8 Å². The third-order valence-corrected chi connectivity index (χ3v) is 3.15. The van der Waals surface area contributed by atoms with E-state index in [0.717, 1.165) is 0 Å². The van der Waals surface area contributed by atoms with Gasteiger partial charge in [0.1, 0.15) is 0 Å². The van der Waals surface area contributed by atoms with E-state index in [9.17, 15) is 9.59 Å². The van der Waals surface area contributed by atoms with Gasteiger partial charge < -0.3 is 10.0 Å². The van der Waals surface area contributed by atoms with Crippen molar-refractivity contribution in [3.8, 4) is 0 Å². The van der Waals surface area contributed by atoms with E-state index in [2.05, 4.69) is 0 Å². The summed E-state index contributed by atoms with van der Waals surface area (Å²) in [6.45, 7) is 5.66. The van der Waals surface area contributed by atoms with Gasteiger partial charge in [-0.15, -0.1) is 0 Å². The minimum absolute atomic E-state index is 0.0737. The van der Waals surface area contributed by atoms with Crippen molar-refractivity contribution in [3.63, 3.8) is 0 Å². The van der Waals surface area contributed by atoms with Crippen LogP contribution in [0.25, 0.3) is 0 Å². The van der Waals surface area contributed by atoms with Crippen LogP contribution >= 0.6 is 11.6 Å². The summed E-state index contributed by atoms with van der Waals surface area (Å²) in [5.74, 6) is -1.39. The van der Waals surface area contributed by atoms with E-state index in [4.69, 9.17) is 16.7 Å². The first-order valence-corrected chi connectivity index (χ1v) is 6.97. The Labute approximate surface area is 124 Å². The normalized spacial score (nSPS) is 12.2. The smallest absolute Gasteiger partial charge is 0.308 e. The van der Waals surface area contributed by atoms with Crippen LogP contribution in [-0.4, -0.2) is 23.5 Å². The van der Waals surface area contributed by atoms with Crippen molar-refractivity contribution in [2.24, 2.45) is 11.8 Å². The molecule has 0 aromatic heterocycles. The standard InChI is InChI=1S/C15H20ClNO3/c1-10(2)8-14(18)17(9-11(3)15(19)20)13-6-4-12(16)5-7-13/h4-7,10-11H,8-9H2,1-3H3,(H,19,20). The van der Waals surface area contributed by atoms with Gasteiger partial charge >= 0.3 is 5.97 Å². The highest BCUT2D eigenvalue weighted by Gasteiger charge is 2.22. The lowest BCUT2D eigenvalue weighted by atomic mass is 10.1. The van der Waals surface area contributed by atoms with Gasteiger partial charge in [-0.05, 0) is 30.2 Å². The topological polar surface area (TPSA) is 57.6 Å². The molecule has 1 amide bonds. The van der Waals surface area contributed by atoms with E-state index < -0.39 is 11.9 Å². The molecule has 1 aromatic carbocycles. The van der Waals surface area contributed by atoms with E-state index in [-0.39, 0.29) is 18.4 Å². The fourth-order valence-corrected chi connectivity index (χ4v) is 1.91. The number of anilines is 1. The Balaban J connectivity index is 2.97. The Morgan fingerprint density at radius 1 is 1.20 bits per heavy atom. The van der Waals surface area contributed by atoms with Crippen molar-refractivity contribution < 1.29 is 14.7 Å². The Kier molecular flexibility index (Phi) is 6.02. The molecule has 1 N–H and O–H groups in total.